The maximum atomic E-state index is 13.2. The van der Waals surface area contributed by atoms with Crippen molar-refractivity contribution >= 4 is 46.5 Å². The lowest BCUT2D eigenvalue weighted by molar-refractivity contribution is -0.132. The zero-order chi connectivity index (χ0) is 27.1. The first-order valence-corrected chi connectivity index (χ1v) is 12.9. The minimum atomic E-state index is -1.06. The van der Waals surface area contributed by atoms with E-state index >= 15 is 0 Å². The number of carbonyl (C=O) groups is 4. The fraction of sp³-hybridized carbons (Fsp3) is 0.233. The zero-order valence-electron chi connectivity index (χ0n) is 21.1. The fourth-order valence-corrected chi connectivity index (χ4v) is 5.55. The van der Waals surface area contributed by atoms with Crippen molar-refractivity contribution in [2.75, 3.05) is 29.9 Å². The Bertz CT molecular complexity index is 1550. The highest BCUT2D eigenvalue weighted by Gasteiger charge is 2.36. The number of likely N-dealkylation sites (tertiary alicyclic amines) is 1. The van der Waals surface area contributed by atoms with E-state index in [2.05, 4.69) is 5.32 Å². The quantitative estimate of drug-likeness (QED) is 0.478. The second-order valence-electron chi connectivity index (χ2n) is 9.92. The van der Waals surface area contributed by atoms with Gasteiger partial charge in [0, 0.05) is 30.9 Å². The summed E-state index contributed by atoms with van der Waals surface area (Å²) >= 11 is 0. The summed E-state index contributed by atoms with van der Waals surface area (Å²) in [5.74, 6) is -2.12. The number of rotatable bonds is 6. The van der Waals surface area contributed by atoms with Gasteiger partial charge in [0.05, 0.1) is 17.0 Å². The van der Waals surface area contributed by atoms with Crippen LogP contribution in [0.4, 0.5) is 17.1 Å². The van der Waals surface area contributed by atoms with Gasteiger partial charge in [-0.05, 0) is 59.9 Å². The smallest absolute Gasteiger partial charge is 0.335 e. The van der Waals surface area contributed by atoms with Gasteiger partial charge in [0.15, 0.2) is 0 Å². The first-order valence-electron chi connectivity index (χ1n) is 12.9. The van der Waals surface area contributed by atoms with E-state index in [1.165, 1.54) is 12.1 Å². The van der Waals surface area contributed by atoms with E-state index in [9.17, 15) is 24.3 Å². The maximum absolute atomic E-state index is 13.2. The first-order chi connectivity index (χ1) is 18.9. The van der Waals surface area contributed by atoms with Crippen molar-refractivity contribution in [1.29, 1.82) is 0 Å². The van der Waals surface area contributed by atoms with E-state index in [0.29, 0.717) is 48.6 Å². The Morgan fingerprint density at radius 1 is 0.949 bits per heavy atom. The number of nitrogens with one attached hydrogen (secondary N) is 1. The molecule has 3 heterocycles. The molecule has 1 atom stereocenters. The Labute approximate surface area is 224 Å². The molecule has 3 amide bonds. The average Bonchev–Trinajstić information content (AvgIpc) is 3.63. The molecule has 0 aromatic heterocycles. The average molecular weight is 523 g/mol. The molecular weight excluding hydrogens is 496 g/mol. The third-order valence-electron chi connectivity index (χ3n) is 7.48. The molecule has 1 saturated heterocycles. The van der Waals surface area contributed by atoms with E-state index in [-0.39, 0.29) is 29.8 Å². The molecule has 0 saturated carbocycles. The van der Waals surface area contributed by atoms with Crippen LogP contribution in [-0.2, 0) is 20.8 Å². The Hall–Kier alpha value is -4.79. The van der Waals surface area contributed by atoms with Gasteiger partial charge >= 0.3 is 5.97 Å². The van der Waals surface area contributed by atoms with Gasteiger partial charge in [-0.2, -0.15) is 0 Å². The summed E-state index contributed by atoms with van der Waals surface area (Å²) in [7, 11) is 0. The van der Waals surface area contributed by atoms with Crippen molar-refractivity contribution in [2.24, 2.45) is 4.99 Å². The molecule has 0 spiro atoms. The van der Waals surface area contributed by atoms with Crippen LogP contribution in [0.25, 0.3) is 0 Å². The summed E-state index contributed by atoms with van der Waals surface area (Å²) in [6.07, 6.45) is 1.96. The predicted molar refractivity (Wildman–Crippen MR) is 146 cm³/mol. The number of fused-ring (bicyclic) bond motifs is 2. The number of carboxylic acid groups (broad SMARTS) is 1. The van der Waals surface area contributed by atoms with Gasteiger partial charge in [0.25, 0.3) is 0 Å². The number of amides is 3. The van der Waals surface area contributed by atoms with Crippen LogP contribution in [0.3, 0.4) is 0 Å². The highest BCUT2D eigenvalue weighted by atomic mass is 16.4. The SMILES string of the molecule is O=C(O)c1ccc2c(c1)NC(=O)C2C(=Nc1ccc2c(c1)CCN2C(=O)CN1CCCC1=O)c1ccccc1. The van der Waals surface area contributed by atoms with Gasteiger partial charge in [-0.3, -0.25) is 19.4 Å². The summed E-state index contributed by atoms with van der Waals surface area (Å²) in [6, 6.07) is 19.7. The highest BCUT2D eigenvalue weighted by Crippen LogP contribution is 2.38. The van der Waals surface area contributed by atoms with Crippen molar-refractivity contribution in [3.05, 3.63) is 89.0 Å². The van der Waals surface area contributed by atoms with E-state index in [1.807, 2.05) is 48.5 Å². The summed E-state index contributed by atoms with van der Waals surface area (Å²) < 4.78 is 0. The van der Waals surface area contributed by atoms with E-state index in [1.54, 1.807) is 15.9 Å². The molecular formula is C30H26N4O5. The number of carbonyl (C=O) groups excluding carboxylic acids is 3. The Morgan fingerprint density at radius 2 is 1.77 bits per heavy atom. The van der Waals surface area contributed by atoms with E-state index in [4.69, 9.17) is 4.99 Å². The van der Waals surface area contributed by atoms with Gasteiger partial charge in [0.2, 0.25) is 17.7 Å². The molecule has 0 aliphatic carbocycles. The molecule has 2 N–H and O–H groups in total. The molecule has 39 heavy (non-hydrogen) atoms. The van der Waals surface area contributed by atoms with Crippen molar-refractivity contribution in [2.45, 2.75) is 25.2 Å². The second kappa shape index (κ2) is 9.83. The number of nitrogens with zero attached hydrogens (tertiary/aromatic N) is 3. The van der Waals surface area contributed by atoms with Gasteiger partial charge in [-0.15, -0.1) is 0 Å². The molecule has 1 unspecified atom stereocenters. The van der Waals surface area contributed by atoms with Crippen molar-refractivity contribution in [1.82, 2.24) is 4.90 Å². The monoisotopic (exact) mass is 522 g/mol. The largest absolute Gasteiger partial charge is 0.478 e. The number of hydrogen-bond acceptors (Lipinski definition) is 5. The molecule has 1 fully saturated rings. The van der Waals surface area contributed by atoms with Crippen LogP contribution in [-0.4, -0.2) is 59.0 Å². The van der Waals surface area contributed by atoms with Crippen LogP contribution in [0.5, 0.6) is 0 Å². The van der Waals surface area contributed by atoms with E-state index < -0.39 is 11.9 Å². The molecule has 0 radical (unpaired) electrons. The van der Waals surface area contributed by atoms with Crippen LogP contribution in [0.1, 0.15) is 45.8 Å². The Morgan fingerprint density at radius 3 is 2.51 bits per heavy atom. The van der Waals surface area contributed by atoms with Crippen LogP contribution >= 0.6 is 0 Å². The number of carboxylic acids is 1. The molecule has 3 aliphatic heterocycles. The fourth-order valence-electron chi connectivity index (χ4n) is 5.55. The molecule has 6 rings (SSSR count). The number of benzene rings is 3. The second-order valence-corrected chi connectivity index (χ2v) is 9.92. The van der Waals surface area contributed by atoms with Crippen molar-refractivity contribution < 1.29 is 24.3 Å². The molecule has 3 aromatic carbocycles. The molecule has 0 bridgehead atoms. The number of hydrogen-bond donors (Lipinski definition) is 2. The lowest BCUT2D eigenvalue weighted by atomic mass is 9.90. The van der Waals surface area contributed by atoms with Gasteiger partial charge in [-0.25, -0.2) is 4.79 Å². The van der Waals surface area contributed by atoms with Crippen LogP contribution < -0.4 is 10.2 Å². The van der Waals surface area contributed by atoms with Crippen molar-refractivity contribution in [3.8, 4) is 0 Å². The summed E-state index contributed by atoms with van der Waals surface area (Å²) in [5.41, 5.74) is 5.01. The summed E-state index contributed by atoms with van der Waals surface area (Å²) in [5, 5.41) is 12.2. The predicted octanol–water partition coefficient (Wildman–Crippen LogP) is 3.75. The molecule has 196 valence electrons. The standard InChI is InChI=1S/C30H26N4O5/c35-25-7-4-13-33(25)17-26(36)34-14-12-19-15-21(9-11-24(19)34)31-28(18-5-2-1-3-6-18)27-22-10-8-20(30(38)39)16-23(22)32-29(27)37/h1-3,5-6,8-11,15-16,27H,4,7,12-14,17H2,(H,32,37)(H,38,39). The lowest BCUT2D eigenvalue weighted by Gasteiger charge is -2.22. The van der Waals surface area contributed by atoms with Gasteiger partial charge < -0.3 is 20.2 Å². The summed E-state index contributed by atoms with van der Waals surface area (Å²) in [4.78, 5) is 57.9. The zero-order valence-corrected chi connectivity index (χ0v) is 21.1. The Kier molecular flexibility index (Phi) is 6.18. The number of anilines is 2. The highest BCUT2D eigenvalue weighted by molar-refractivity contribution is 6.24. The minimum absolute atomic E-state index is 0.0256. The van der Waals surface area contributed by atoms with Gasteiger partial charge in [-0.1, -0.05) is 36.4 Å². The first kappa shape index (κ1) is 24.5. The van der Waals surface area contributed by atoms with E-state index in [0.717, 1.165) is 23.2 Å². The van der Waals surface area contributed by atoms with Gasteiger partial charge in [0.1, 0.15) is 12.5 Å². The van der Waals surface area contributed by atoms with Crippen molar-refractivity contribution in [3.63, 3.8) is 0 Å². The van der Waals surface area contributed by atoms with Crippen LogP contribution in [0.15, 0.2) is 71.7 Å². The summed E-state index contributed by atoms with van der Waals surface area (Å²) in [6.45, 7) is 1.26. The normalized spacial score (nSPS) is 18.3. The molecule has 3 aromatic rings. The number of aliphatic imine (C=N–C) groups is 1. The maximum Gasteiger partial charge on any atom is 0.335 e. The minimum Gasteiger partial charge on any atom is -0.478 e. The number of aromatic carboxylic acids is 1. The molecule has 9 nitrogen and oxygen atoms in total. The topological polar surface area (TPSA) is 119 Å². The van der Waals surface area contributed by atoms with Crippen LogP contribution in [0, 0.1) is 0 Å². The lowest BCUT2D eigenvalue weighted by Crippen LogP contribution is -2.40. The Balaban J connectivity index is 1.33. The third-order valence-corrected chi connectivity index (χ3v) is 7.48. The molecule has 9 heteroatoms. The molecule has 3 aliphatic rings. The third kappa shape index (κ3) is 4.56. The van der Waals surface area contributed by atoms with Crippen LogP contribution in [0.2, 0.25) is 0 Å².